The van der Waals surface area contributed by atoms with Crippen molar-refractivity contribution in [2.75, 3.05) is 19.8 Å². The van der Waals surface area contributed by atoms with E-state index in [1.165, 1.54) is 4.90 Å². The van der Waals surface area contributed by atoms with Gasteiger partial charge in [-0.1, -0.05) is 19.6 Å². The highest BCUT2D eigenvalue weighted by Gasteiger charge is 2.38. The van der Waals surface area contributed by atoms with E-state index < -0.39 is 25.9 Å². The van der Waals surface area contributed by atoms with Crippen molar-refractivity contribution in [3.8, 4) is 0 Å². The smallest absolute Gasteiger partial charge is 0.410 e. The Morgan fingerprint density at radius 2 is 1.92 bits per heavy atom. The summed E-state index contributed by atoms with van der Waals surface area (Å²) in [5.74, 6) is 0. The van der Waals surface area contributed by atoms with Crippen LogP contribution in [-0.4, -0.2) is 67.7 Å². The molecule has 1 aliphatic heterocycles. The van der Waals surface area contributed by atoms with E-state index in [1.54, 1.807) is 20.8 Å². The van der Waals surface area contributed by atoms with Crippen LogP contribution in [0.1, 0.15) is 27.2 Å². The minimum Gasteiger partial charge on any atom is -0.450 e. The molecule has 1 heterocycles. The molecule has 0 radical (unpaired) electrons. The summed E-state index contributed by atoms with van der Waals surface area (Å²) in [6, 6.07) is 0.315. The topological polar surface area (TPSA) is 88.1 Å². The molecule has 8 heteroatoms. The van der Waals surface area contributed by atoms with E-state index in [4.69, 9.17) is 9.47 Å². The van der Waals surface area contributed by atoms with Crippen molar-refractivity contribution in [2.45, 2.75) is 70.6 Å². The zero-order valence-corrected chi connectivity index (χ0v) is 16.7. The van der Waals surface area contributed by atoms with Crippen molar-refractivity contribution in [3.05, 3.63) is 0 Å². The fourth-order valence-corrected chi connectivity index (χ4v) is 3.11. The number of rotatable bonds is 5. The van der Waals surface area contributed by atoms with Gasteiger partial charge in [0.05, 0.1) is 25.3 Å². The Morgan fingerprint density at radius 3 is 2.42 bits per heavy atom. The molecule has 2 atom stereocenters. The number of hydrogen-bond donors (Lipinski definition) is 2. The molecule has 24 heavy (non-hydrogen) atoms. The van der Waals surface area contributed by atoms with Gasteiger partial charge in [0.2, 0.25) is 0 Å². The van der Waals surface area contributed by atoms with E-state index in [9.17, 15) is 14.7 Å². The second kappa shape index (κ2) is 8.20. The van der Waals surface area contributed by atoms with Gasteiger partial charge in [0.1, 0.15) is 5.60 Å². The second-order valence-electron chi connectivity index (χ2n) is 8.49. The van der Waals surface area contributed by atoms with Crippen molar-refractivity contribution in [1.82, 2.24) is 10.2 Å². The first-order chi connectivity index (χ1) is 10.9. The molecule has 1 aliphatic rings. The molecule has 1 saturated heterocycles. The highest BCUT2D eigenvalue weighted by Crippen LogP contribution is 2.21. The van der Waals surface area contributed by atoms with Gasteiger partial charge in [-0.15, -0.1) is 0 Å². The van der Waals surface area contributed by atoms with E-state index in [0.29, 0.717) is 19.6 Å². The maximum atomic E-state index is 12.2. The molecule has 140 valence electrons. The number of likely N-dealkylation sites (tertiary alicyclic amines) is 1. The number of carbonyl (C=O) groups is 2. The molecule has 2 amide bonds. The summed E-state index contributed by atoms with van der Waals surface area (Å²) in [4.78, 5) is 25.5. The molecule has 0 spiro atoms. The summed E-state index contributed by atoms with van der Waals surface area (Å²) < 4.78 is 10.6. The first-order valence-corrected chi connectivity index (χ1v) is 12.2. The molecule has 2 N–H and O–H groups in total. The number of alkyl carbamates (subject to hydrolysis) is 1. The standard InChI is InChI=1S/C16H32N2O5Si/c1-16(2,3)23-15(21)18-10-12(9-13(18)11-19)17-14(20)22-7-8-24(4,5)6/h12-13,19H,7-11H2,1-6H3,(H,17,20)/t12-,13+/m1/s1. The highest BCUT2D eigenvalue weighted by molar-refractivity contribution is 6.76. The van der Waals surface area contributed by atoms with Gasteiger partial charge in [0.15, 0.2) is 0 Å². The molecule has 0 aromatic carbocycles. The second-order valence-corrected chi connectivity index (χ2v) is 14.1. The van der Waals surface area contributed by atoms with Gasteiger partial charge in [0.25, 0.3) is 0 Å². The predicted octanol–water partition coefficient (Wildman–Crippen LogP) is 2.42. The summed E-state index contributed by atoms with van der Waals surface area (Å²) in [6.45, 7) is 12.6. The fraction of sp³-hybridized carbons (Fsp3) is 0.875. The van der Waals surface area contributed by atoms with Crippen molar-refractivity contribution in [3.63, 3.8) is 0 Å². The molecule has 0 saturated carbocycles. The van der Waals surface area contributed by atoms with E-state index in [1.807, 2.05) is 0 Å². The van der Waals surface area contributed by atoms with Crippen LogP contribution in [-0.2, 0) is 9.47 Å². The summed E-state index contributed by atoms with van der Waals surface area (Å²) in [6.07, 6.45) is -0.460. The van der Waals surface area contributed by atoms with Gasteiger partial charge >= 0.3 is 12.2 Å². The molecule has 0 aromatic rings. The lowest BCUT2D eigenvalue weighted by Crippen LogP contribution is -2.43. The normalized spacial score (nSPS) is 21.5. The van der Waals surface area contributed by atoms with Crippen LogP contribution in [0.15, 0.2) is 0 Å². The predicted molar refractivity (Wildman–Crippen MR) is 94.9 cm³/mol. The van der Waals surface area contributed by atoms with Gasteiger partial charge < -0.3 is 24.8 Å². The van der Waals surface area contributed by atoms with Crippen LogP contribution in [0.3, 0.4) is 0 Å². The Labute approximate surface area is 145 Å². The van der Waals surface area contributed by atoms with E-state index in [2.05, 4.69) is 25.0 Å². The van der Waals surface area contributed by atoms with Crippen LogP contribution in [0.4, 0.5) is 9.59 Å². The van der Waals surface area contributed by atoms with E-state index in [-0.39, 0.29) is 18.7 Å². The van der Waals surface area contributed by atoms with Crippen LogP contribution < -0.4 is 5.32 Å². The Morgan fingerprint density at radius 1 is 1.29 bits per heavy atom. The molecular weight excluding hydrogens is 328 g/mol. The highest BCUT2D eigenvalue weighted by atomic mass is 28.3. The number of nitrogens with one attached hydrogen (secondary N) is 1. The lowest BCUT2D eigenvalue weighted by molar-refractivity contribution is 0.0173. The van der Waals surface area contributed by atoms with Gasteiger partial charge in [-0.2, -0.15) is 0 Å². The molecule has 0 aliphatic carbocycles. The third-order valence-corrected chi connectivity index (χ3v) is 5.36. The lowest BCUT2D eigenvalue weighted by atomic mass is 10.2. The molecule has 0 bridgehead atoms. The average molecular weight is 361 g/mol. The summed E-state index contributed by atoms with van der Waals surface area (Å²) in [5, 5.41) is 12.2. The number of hydrogen-bond acceptors (Lipinski definition) is 5. The van der Waals surface area contributed by atoms with Crippen molar-refractivity contribution in [2.24, 2.45) is 0 Å². The third-order valence-electron chi connectivity index (χ3n) is 3.66. The lowest BCUT2D eigenvalue weighted by Gasteiger charge is -2.27. The van der Waals surface area contributed by atoms with Crippen LogP contribution in [0.25, 0.3) is 0 Å². The molecule has 0 unspecified atom stereocenters. The summed E-state index contributed by atoms with van der Waals surface area (Å²) >= 11 is 0. The quantitative estimate of drug-likeness (QED) is 0.735. The van der Waals surface area contributed by atoms with Gasteiger partial charge in [-0.3, -0.25) is 0 Å². The van der Waals surface area contributed by atoms with Crippen LogP contribution in [0, 0.1) is 0 Å². The number of amides is 2. The van der Waals surface area contributed by atoms with Gasteiger partial charge in [-0.05, 0) is 33.2 Å². The first-order valence-electron chi connectivity index (χ1n) is 8.45. The number of aliphatic hydroxyl groups excluding tert-OH is 1. The number of nitrogens with zero attached hydrogens (tertiary/aromatic N) is 1. The zero-order valence-electron chi connectivity index (χ0n) is 15.7. The van der Waals surface area contributed by atoms with Crippen LogP contribution >= 0.6 is 0 Å². The monoisotopic (exact) mass is 360 g/mol. The van der Waals surface area contributed by atoms with E-state index in [0.717, 1.165) is 6.04 Å². The molecule has 0 aromatic heterocycles. The molecule has 1 rings (SSSR count). The SMILES string of the molecule is CC(C)(C)OC(=O)N1C[C@H](NC(=O)OCC[Si](C)(C)C)C[C@H]1CO. The van der Waals surface area contributed by atoms with Crippen molar-refractivity contribution < 1.29 is 24.2 Å². The van der Waals surface area contributed by atoms with Crippen molar-refractivity contribution >= 4 is 20.3 Å². The van der Waals surface area contributed by atoms with Crippen LogP contribution in [0.5, 0.6) is 0 Å². The largest absolute Gasteiger partial charge is 0.450 e. The first kappa shape index (κ1) is 20.8. The number of aliphatic hydroxyl groups is 1. The average Bonchev–Trinajstić information content (AvgIpc) is 2.78. The van der Waals surface area contributed by atoms with Crippen molar-refractivity contribution in [1.29, 1.82) is 0 Å². The molecule has 7 nitrogen and oxygen atoms in total. The van der Waals surface area contributed by atoms with Crippen LogP contribution in [0.2, 0.25) is 25.7 Å². The summed E-state index contributed by atoms with van der Waals surface area (Å²) in [7, 11) is -1.24. The Balaban J connectivity index is 2.48. The molecular formula is C16H32N2O5Si. The summed E-state index contributed by atoms with van der Waals surface area (Å²) in [5.41, 5.74) is -0.599. The maximum absolute atomic E-state index is 12.2. The zero-order chi connectivity index (χ0) is 18.5. The fourth-order valence-electron chi connectivity index (χ4n) is 2.40. The van der Waals surface area contributed by atoms with E-state index >= 15 is 0 Å². The number of carbonyl (C=O) groups excluding carboxylic acids is 2. The Kier molecular flexibility index (Phi) is 7.09. The number of ether oxygens (including phenoxy) is 2. The van der Waals surface area contributed by atoms with Gasteiger partial charge in [-0.25, -0.2) is 9.59 Å². The Hall–Kier alpha value is -1.28. The Bertz CT molecular complexity index is 445. The maximum Gasteiger partial charge on any atom is 0.410 e. The molecule has 1 fully saturated rings. The minimum absolute atomic E-state index is 0.165. The third kappa shape index (κ3) is 7.52. The minimum atomic E-state index is -1.24. The van der Waals surface area contributed by atoms with Gasteiger partial charge in [0, 0.05) is 14.6 Å².